The average Bonchev–Trinajstić information content (AvgIpc) is 3.31. The van der Waals surface area contributed by atoms with Crippen molar-refractivity contribution in [2.24, 2.45) is 0 Å². The molecule has 1 N–H and O–H groups in total. The third-order valence-electron chi connectivity index (χ3n) is 6.60. The zero-order valence-electron chi connectivity index (χ0n) is 22.3. The molecule has 0 radical (unpaired) electrons. The Balaban J connectivity index is 0.00000164. The lowest BCUT2D eigenvalue weighted by molar-refractivity contribution is 0.471. The monoisotopic (exact) mass is 553 g/mol. The number of fused-ring (bicyclic) bond motifs is 1. The fraction of sp³-hybridized carbons (Fsp3) is 0.357. The molecule has 2 aromatic heterocycles. The van der Waals surface area contributed by atoms with Gasteiger partial charge in [-0.15, -0.1) is 0 Å². The third kappa shape index (κ3) is 5.67. The Hall–Kier alpha value is -3.08. The molecule has 5 rings (SSSR count). The number of nitrogens with zero attached hydrogens (tertiary/aromatic N) is 4. The Morgan fingerprint density at radius 3 is 2.29 bits per heavy atom. The van der Waals surface area contributed by atoms with Crippen molar-refractivity contribution < 1.29 is 12.6 Å². The molecule has 1 atom stereocenters. The first-order chi connectivity index (χ1) is 18.4. The summed E-state index contributed by atoms with van der Waals surface area (Å²) in [6.07, 6.45) is 3.97. The Bertz CT molecular complexity index is 1500. The van der Waals surface area contributed by atoms with Crippen LogP contribution in [0.1, 0.15) is 44.9 Å². The SMILES string of the molecule is CC.CCc1ccc(S(=O)NC2CCN(c3ncnc4c3cc(C)n4S(=O)(=O)c3ccccc3)CC2)cc1. The van der Waals surface area contributed by atoms with E-state index >= 15 is 0 Å². The highest BCUT2D eigenvalue weighted by molar-refractivity contribution is 7.90. The Morgan fingerprint density at radius 2 is 1.66 bits per heavy atom. The molecule has 0 spiro atoms. The smallest absolute Gasteiger partial charge is 0.269 e. The van der Waals surface area contributed by atoms with Crippen LogP contribution in [0.25, 0.3) is 11.0 Å². The van der Waals surface area contributed by atoms with Crippen molar-refractivity contribution in [1.82, 2.24) is 18.7 Å². The number of anilines is 1. The molecule has 0 amide bonds. The lowest BCUT2D eigenvalue weighted by Crippen LogP contribution is -2.43. The molecule has 2 aromatic carbocycles. The van der Waals surface area contributed by atoms with Crippen molar-refractivity contribution in [3.05, 3.63) is 78.2 Å². The molecule has 202 valence electrons. The first-order valence-electron chi connectivity index (χ1n) is 13.0. The van der Waals surface area contributed by atoms with E-state index in [0.717, 1.165) is 30.0 Å². The van der Waals surface area contributed by atoms with Crippen molar-refractivity contribution >= 4 is 37.9 Å². The van der Waals surface area contributed by atoms with Crippen molar-refractivity contribution in [2.45, 2.75) is 62.8 Å². The molecule has 0 bridgehead atoms. The van der Waals surface area contributed by atoms with Crippen LogP contribution in [0.2, 0.25) is 0 Å². The molecule has 3 heterocycles. The minimum absolute atomic E-state index is 0.120. The maximum absolute atomic E-state index is 13.4. The number of aryl methyl sites for hydroxylation is 2. The van der Waals surface area contributed by atoms with Crippen LogP contribution in [0.4, 0.5) is 5.82 Å². The number of hydrogen-bond acceptors (Lipinski definition) is 6. The first kappa shape index (κ1) is 27.9. The molecule has 0 aliphatic carbocycles. The molecule has 8 nitrogen and oxygen atoms in total. The van der Waals surface area contributed by atoms with Crippen molar-refractivity contribution in [2.75, 3.05) is 18.0 Å². The van der Waals surface area contributed by atoms with E-state index in [9.17, 15) is 12.6 Å². The second kappa shape index (κ2) is 12.2. The summed E-state index contributed by atoms with van der Waals surface area (Å²) in [5.74, 6) is 0.722. The summed E-state index contributed by atoms with van der Waals surface area (Å²) in [6.45, 7) is 9.29. The quantitative estimate of drug-likeness (QED) is 0.352. The van der Waals surface area contributed by atoms with E-state index in [1.54, 1.807) is 37.3 Å². The predicted octanol–water partition coefficient (Wildman–Crippen LogP) is 4.85. The van der Waals surface area contributed by atoms with Crippen molar-refractivity contribution in [3.63, 3.8) is 0 Å². The molecule has 10 heteroatoms. The third-order valence-corrected chi connectivity index (χ3v) is 9.66. The lowest BCUT2D eigenvalue weighted by Gasteiger charge is -2.33. The molecule has 1 fully saturated rings. The van der Waals surface area contributed by atoms with Crippen LogP contribution in [0.5, 0.6) is 0 Å². The van der Waals surface area contributed by atoms with Crippen molar-refractivity contribution in [3.8, 4) is 0 Å². The maximum Gasteiger partial charge on any atom is 0.269 e. The molecule has 1 aliphatic rings. The fourth-order valence-electron chi connectivity index (χ4n) is 4.63. The minimum Gasteiger partial charge on any atom is -0.356 e. The molecular weight excluding hydrogens is 518 g/mol. The number of nitrogens with one attached hydrogen (secondary N) is 1. The zero-order valence-corrected chi connectivity index (χ0v) is 23.9. The highest BCUT2D eigenvalue weighted by Gasteiger charge is 2.27. The highest BCUT2D eigenvalue weighted by atomic mass is 32.2. The molecular formula is C28H35N5O3S2. The number of piperidine rings is 1. The standard InChI is InChI=1S/C26H29N5O3S2.C2H6/c1-3-20-9-11-22(12-10-20)35(32)29-21-13-15-30(16-14-21)25-24-17-19(2)31(26(24)28-18-27-25)36(33,34)23-7-5-4-6-8-23;1-2/h4-12,17-18,21,29H,3,13-16H2,1-2H3;1-2H3. The summed E-state index contributed by atoms with van der Waals surface area (Å²) in [6, 6.07) is 18.2. The largest absolute Gasteiger partial charge is 0.356 e. The van der Waals surface area contributed by atoms with Crippen LogP contribution in [0.15, 0.2) is 76.8 Å². The molecule has 1 aliphatic heterocycles. The summed E-state index contributed by atoms with van der Waals surface area (Å²) in [4.78, 5) is 12.0. The van der Waals surface area contributed by atoms with Gasteiger partial charge in [0.1, 0.15) is 23.1 Å². The topological polar surface area (TPSA) is 97.2 Å². The molecule has 1 unspecified atom stereocenters. The number of aromatic nitrogens is 3. The zero-order chi connectivity index (χ0) is 27.3. The number of rotatable bonds is 7. The van der Waals surface area contributed by atoms with Crippen LogP contribution in [0, 0.1) is 6.92 Å². The van der Waals surface area contributed by atoms with Gasteiger partial charge in [-0.05, 0) is 62.1 Å². The van der Waals surface area contributed by atoms with Gasteiger partial charge in [-0.25, -0.2) is 31.3 Å². The second-order valence-electron chi connectivity index (χ2n) is 8.95. The molecule has 4 aromatic rings. The van der Waals surface area contributed by atoms with Gasteiger partial charge in [0.05, 0.1) is 15.2 Å². The van der Waals surface area contributed by atoms with E-state index in [4.69, 9.17) is 0 Å². The predicted molar refractivity (Wildman–Crippen MR) is 153 cm³/mol. The number of benzene rings is 2. The van der Waals surface area contributed by atoms with Gasteiger partial charge < -0.3 is 4.90 Å². The lowest BCUT2D eigenvalue weighted by atomic mass is 10.1. The van der Waals surface area contributed by atoms with Crippen LogP contribution in [-0.2, 0) is 27.4 Å². The summed E-state index contributed by atoms with van der Waals surface area (Å²) in [7, 11) is -5.05. The summed E-state index contributed by atoms with van der Waals surface area (Å²) < 4.78 is 44.1. The number of hydrogen-bond donors (Lipinski definition) is 1. The van der Waals surface area contributed by atoms with E-state index in [2.05, 4.69) is 26.5 Å². The second-order valence-corrected chi connectivity index (χ2v) is 12.0. The summed E-state index contributed by atoms with van der Waals surface area (Å²) >= 11 is 0. The van der Waals surface area contributed by atoms with Gasteiger partial charge in [0, 0.05) is 24.8 Å². The molecule has 1 saturated heterocycles. The maximum atomic E-state index is 13.4. The highest BCUT2D eigenvalue weighted by Crippen LogP contribution is 2.31. The van der Waals surface area contributed by atoms with Gasteiger partial charge in [-0.2, -0.15) is 0 Å². The van der Waals surface area contributed by atoms with Gasteiger partial charge in [0.25, 0.3) is 10.0 Å². The first-order valence-corrected chi connectivity index (χ1v) is 15.6. The minimum atomic E-state index is -3.79. The van der Waals surface area contributed by atoms with Crippen molar-refractivity contribution in [1.29, 1.82) is 0 Å². The Labute approximate surface area is 227 Å². The van der Waals surface area contributed by atoms with Gasteiger partial charge >= 0.3 is 0 Å². The Kier molecular flexibility index (Phi) is 8.96. The Morgan fingerprint density at radius 1 is 1.00 bits per heavy atom. The average molecular weight is 554 g/mol. The summed E-state index contributed by atoms with van der Waals surface area (Å²) in [5, 5.41) is 0.709. The molecule has 38 heavy (non-hydrogen) atoms. The van der Waals surface area contributed by atoms with E-state index in [-0.39, 0.29) is 10.9 Å². The van der Waals surface area contributed by atoms with E-state index in [1.165, 1.54) is 15.9 Å². The van der Waals surface area contributed by atoms with Gasteiger partial charge in [-0.3, -0.25) is 0 Å². The van der Waals surface area contributed by atoms with E-state index in [0.29, 0.717) is 29.8 Å². The van der Waals surface area contributed by atoms with Crippen LogP contribution >= 0.6 is 0 Å². The normalized spacial score (nSPS) is 15.2. The van der Waals surface area contributed by atoms with Gasteiger partial charge in [0.2, 0.25) is 0 Å². The van der Waals surface area contributed by atoms with Crippen LogP contribution in [0.3, 0.4) is 0 Å². The van der Waals surface area contributed by atoms with Crippen LogP contribution in [-0.4, -0.2) is 45.7 Å². The molecule has 0 saturated carbocycles. The van der Waals surface area contributed by atoms with E-state index < -0.39 is 21.0 Å². The van der Waals surface area contributed by atoms with Gasteiger partial charge in [-0.1, -0.05) is 51.1 Å². The summed E-state index contributed by atoms with van der Waals surface area (Å²) in [5.41, 5.74) is 2.18. The van der Waals surface area contributed by atoms with Gasteiger partial charge in [0.15, 0.2) is 5.65 Å². The van der Waals surface area contributed by atoms with Crippen LogP contribution < -0.4 is 9.62 Å². The fourth-order valence-corrected chi connectivity index (χ4v) is 7.21. The van der Waals surface area contributed by atoms with E-state index in [1.807, 2.05) is 44.2 Å².